The van der Waals surface area contributed by atoms with E-state index in [2.05, 4.69) is 48.2 Å². The molecule has 0 saturated carbocycles. The monoisotopic (exact) mass is 1010 g/mol. The summed E-state index contributed by atoms with van der Waals surface area (Å²) in [5, 5.41) is 0. The molecule has 0 heterocycles. The van der Waals surface area contributed by atoms with Gasteiger partial charge in [0.25, 0.3) is 0 Å². The molecular weight excluding hydrogens is 905 g/mol. The quantitative estimate of drug-likeness (QED) is 0.0193. The van der Waals surface area contributed by atoms with E-state index in [0.29, 0.717) is 0 Å². The van der Waals surface area contributed by atoms with Crippen molar-refractivity contribution in [2.45, 2.75) is 310 Å². The van der Waals surface area contributed by atoms with Crippen LogP contribution in [0.25, 0.3) is 0 Å². The summed E-state index contributed by atoms with van der Waals surface area (Å²) in [6.07, 6.45) is 65.3. The van der Waals surface area contributed by atoms with E-state index in [4.69, 9.17) is 0 Å². The van der Waals surface area contributed by atoms with Crippen molar-refractivity contribution < 1.29 is 34.3 Å². The minimum atomic E-state index is -4.60. The summed E-state index contributed by atoms with van der Waals surface area (Å²) >= 11 is 0. The second-order valence-corrected chi connectivity index (χ2v) is 21.7. The largest absolute Gasteiger partial charge is 2.00 e. The van der Waals surface area contributed by atoms with Crippen LogP contribution in [-0.2, 0) is 29.2 Å². The molecule has 0 aromatic rings. The van der Waals surface area contributed by atoms with Gasteiger partial charge in [-0.15, -0.1) is 0 Å². The van der Waals surface area contributed by atoms with E-state index in [1.807, 2.05) is 12.2 Å². The molecule has 2 atom stereocenters. The molecule has 0 aliphatic carbocycles. The summed E-state index contributed by atoms with van der Waals surface area (Å²) in [4.78, 5) is 0. The molecule has 0 bridgehead atoms. The molecule has 0 amide bonds. The molecule has 0 saturated heterocycles. The molecule has 0 aliphatic heterocycles. The molecule has 11 heteroatoms. The molecule has 67 heavy (non-hydrogen) atoms. The van der Waals surface area contributed by atoms with Crippen molar-refractivity contribution in [3.05, 3.63) is 24.3 Å². The molecule has 0 N–H and O–H groups in total. The number of unbranched alkanes of at least 4 members (excludes halogenated alkanes) is 38. The summed E-state index contributed by atoms with van der Waals surface area (Å²) in [5.74, 6) is 0.0401. The zero-order chi connectivity index (χ0) is 48.9. The summed E-state index contributed by atoms with van der Waals surface area (Å²) in [5.41, 5.74) is 0. The van der Waals surface area contributed by atoms with Crippen molar-refractivity contribution >= 4 is 58.5 Å². The van der Waals surface area contributed by atoms with E-state index in [9.17, 15) is 25.9 Å². The molecule has 0 aromatic carbocycles. The van der Waals surface area contributed by atoms with Gasteiger partial charge in [-0.2, -0.15) is 0 Å². The molecule has 0 aliphatic rings. The molecule has 2 unspecified atom stereocenters. The second-order valence-electron chi connectivity index (χ2n) is 19.6. The minimum Gasteiger partial charge on any atom is -0.726 e. The fourth-order valence-electron chi connectivity index (χ4n) is 8.65. The van der Waals surface area contributed by atoms with Gasteiger partial charge < -0.3 is 9.11 Å². The number of rotatable bonds is 52. The van der Waals surface area contributed by atoms with Crippen LogP contribution < -0.4 is 0 Å². The molecule has 0 rings (SSSR count). The van der Waals surface area contributed by atoms with Crippen molar-refractivity contribution in [3.63, 3.8) is 0 Å². The van der Waals surface area contributed by atoms with Crippen LogP contribution in [0.5, 0.6) is 0 Å². The summed E-state index contributed by atoms with van der Waals surface area (Å²) < 4.78 is 73.5. The van der Waals surface area contributed by atoms with Crippen molar-refractivity contribution in [1.82, 2.24) is 0 Å². The van der Waals surface area contributed by atoms with E-state index in [-0.39, 0.29) is 62.8 Å². The van der Waals surface area contributed by atoms with E-state index in [0.717, 1.165) is 64.2 Å². The van der Waals surface area contributed by atoms with E-state index >= 15 is 0 Å². The smallest absolute Gasteiger partial charge is 0.726 e. The number of hydrogen-bond acceptors (Lipinski definition) is 8. The van der Waals surface area contributed by atoms with Gasteiger partial charge >= 0.3 is 37.7 Å². The predicted molar refractivity (Wildman–Crippen MR) is 288 cm³/mol. The molecule has 0 aromatic heterocycles. The van der Waals surface area contributed by atoms with Gasteiger partial charge in [-0.25, -0.2) is 16.8 Å². The van der Waals surface area contributed by atoms with E-state index in [1.54, 1.807) is 0 Å². The van der Waals surface area contributed by atoms with Crippen LogP contribution in [0.15, 0.2) is 24.3 Å². The van der Waals surface area contributed by atoms with Gasteiger partial charge in [-0.1, -0.05) is 309 Å². The molecule has 0 fully saturated rings. The third-order valence-corrected chi connectivity index (χ3v) is 13.8. The predicted octanol–water partition coefficient (Wildman–Crippen LogP) is 18.1. The Balaban J connectivity index is -0.00000120. The van der Waals surface area contributed by atoms with Gasteiger partial charge in [0.15, 0.2) is 0 Å². The standard InChI is InChI=1S/2C28H56O4S.Ca/c2*1-3-5-7-9-10-11-12-13-14-15-16-17-18-19-20-21-22-24-26-28(25-23-8-6-4-2)27-32-33(29,30)31;/h2*23,25,28H,3-22,24,26-27H2,1-2H3,(H,29,30,31);/q;;+2/p-2/b2*25-23+;. The summed E-state index contributed by atoms with van der Waals surface area (Å²) in [6.45, 7) is 8.81. The number of allylic oxidation sites excluding steroid dienone is 2. The van der Waals surface area contributed by atoms with Crippen LogP contribution >= 0.6 is 0 Å². The first-order chi connectivity index (χ1) is 32.0. The van der Waals surface area contributed by atoms with Crippen molar-refractivity contribution in [3.8, 4) is 0 Å². The average molecular weight is 1020 g/mol. The van der Waals surface area contributed by atoms with Gasteiger partial charge in [-0.05, 0) is 25.7 Å². The van der Waals surface area contributed by atoms with Gasteiger partial charge in [0.1, 0.15) is 0 Å². The van der Waals surface area contributed by atoms with Crippen LogP contribution in [0.3, 0.4) is 0 Å². The van der Waals surface area contributed by atoms with Crippen molar-refractivity contribution in [2.24, 2.45) is 11.8 Å². The molecule has 8 nitrogen and oxygen atoms in total. The van der Waals surface area contributed by atoms with E-state index < -0.39 is 20.8 Å². The first kappa shape index (κ1) is 71.7. The van der Waals surface area contributed by atoms with Crippen LogP contribution in [-0.4, -0.2) is 76.9 Å². The molecule has 0 spiro atoms. The first-order valence-electron chi connectivity index (χ1n) is 28.5. The Morgan fingerprint density at radius 2 is 0.522 bits per heavy atom. The molecule has 0 radical (unpaired) electrons. The fraction of sp³-hybridized carbons (Fsp3) is 0.929. The van der Waals surface area contributed by atoms with Gasteiger partial charge in [0, 0.05) is 11.8 Å². The minimum absolute atomic E-state index is 0. The van der Waals surface area contributed by atoms with Gasteiger partial charge in [0.2, 0.25) is 20.8 Å². The summed E-state index contributed by atoms with van der Waals surface area (Å²) in [7, 11) is -9.20. The Bertz CT molecular complexity index is 1130. The van der Waals surface area contributed by atoms with Crippen molar-refractivity contribution in [2.75, 3.05) is 13.2 Å². The van der Waals surface area contributed by atoms with Crippen LogP contribution in [0.1, 0.15) is 310 Å². The van der Waals surface area contributed by atoms with Gasteiger partial charge in [0.05, 0.1) is 13.2 Å². The normalized spacial score (nSPS) is 13.0. The average Bonchev–Trinajstić information content (AvgIpc) is 3.28. The molecular formula is C56H110CaO8S2. The summed E-state index contributed by atoms with van der Waals surface area (Å²) in [6, 6.07) is 0. The topological polar surface area (TPSA) is 133 Å². The van der Waals surface area contributed by atoms with E-state index in [1.165, 1.54) is 218 Å². The first-order valence-corrected chi connectivity index (χ1v) is 31.2. The number of hydrogen-bond donors (Lipinski definition) is 0. The van der Waals surface area contributed by atoms with Crippen LogP contribution in [0.4, 0.5) is 0 Å². The van der Waals surface area contributed by atoms with Gasteiger partial charge in [-0.3, -0.25) is 8.37 Å². The Hall–Kier alpha value is 0.480. The Kier molecular flexibility index (Phi) is 61.4. The third-order valence-electron chi connectivity index (χ3n) is 13.0. The second kappa shape index (κ2) is 57.4. The Morgan fingerprint density at radius 1 is 0.328 bits per heavy atom. The Morgan fingerprint density at radius 3 is 0.716 bits per heavy atom. The zero-order valence-corrected chi connectivity index (χ0v) is 48.6. The van der Waals surface area contributed by atoms with Crippen LogP contribution in [0.2, 0.25) is 0 Å². The maximum Gasteiger partial charge on any atom is 2.00 e. The third kappa shape index (κ3) is 66.5. The zero-order valence-electron chi connectivity index (χ0n) is 44.8. The SMILES string of the molecule is CCCC/C=C/C(CCCCCCCCCCCCCCCCCCCC)COS(=O)(=O)[O-].CCCC/C=C/C(CCCCCCCCCCCCCCCCCCCC)COS(=O)(=O)[O-].[Ca+2]. The molecule has 396 valence electrons. The maximum atomic E-state index is 10.8. The van der Waals surface area contributed by atoms with Crippen LogP contribution in [0, 0.1) is 11.8 Å². The fourth-order valence-corrected chi connectivity index (χ4v) is 9.33. The Labute approximate surface area is 448 Å². The maximum absolute atomic E-state index is 10.8. The van der Waals surface area contributed by atoms with Crippen molar-refractivity contribution in [1.29, 1.82) is 0 Å².